The average Bonchev–Trinajstić information content (AvgIpc) is 2.40. The van der Waals surface area contributed by atoms with Crippen molar-refractivity contribution >= 4 is 21.6 Å². The predicted octanol–water partition coefficient (Wildman–Crippen LogP) is 1.31. The van der Waals surface area contributed by atoms with E-state index in [0.29, 0.717) is 17.7 Å². The Labute approximate surface area is 126 Å². The molecule has 0 bridgehead atoms. The quantitative estimate of drug-likeness (QED) is 0.828. The van der Waals surface area contributed by atoms with E-state index in [1.165, 1.54) is 20.2 Å². The Morgan fingerprint density at radius 3 is 2.52 bits per heavy atom. The van der Waals surface area contributed by atoms with Crippen molar-refractivity contribution < 1.29 is 13.2 Å². The normalized spacial score (nSPS) is 13.2. The molecule has 0 fully saturated rings. The first-order valence-electron chi connectivity index (χ1n) is 6.79. The summed E-state index contributed by atoms with van der Waals surface area (Å²) in [6, 6.07) is 4.20. The lowest BCUT2D eigenvalue weighted by Crippen LogP contribution is -2.35. The summed E-state index contributed by atoms with van der Waals surface area (Å²) in [5.41, 5.74) is 6.79. The van der Waals surface area contributed by atoms with Gasteiger partial charge in [0, 0.05) is 19.8 Å². The van der Waals surface area contributed by atoms with Gasteiger partial charge in [-0.05, 0) is 31.0 Å². The third-order valence-electron chi connectivity index (χ3n) is 3.15. The van der Waals surface area contributed by atoms with Gasteiger partial charge in [-0.2, -0.15) is 0 Å². The van der Waals surface area contributed by atoms with Crippen molar-refractivity contribution in [1.82, 2.24) is 4.31 Å². The van der Waals surface area contributed by atoms with Gasteiger partial charge >= 0.3 is 0 Å². The fourth-order valence-corrected chi connectivity index (χ4v) is 2.97. The van der Waals surface area contributed by atoms with Crippen LogP contribution < -0.4 is 11.1 Å². The lowest BCUT2D eigenvalue weighted by atomic mass is 10.1. The number of rotatable bonds is 6. The van der Waals surface area contributed by atoms with E-state index in [1.54, 1.807) is 19.1 Å². The van der Waals surface area contributed by atoms with Crippen molar-refractivity contribution in [1.29, 1.82) is 0 Å². The number of aryl methyl sites for hydroxylation is 1. The Hall–Kier alpha value is -1.44. The van der Waals surface area contributed by atoms with E-state index >= 15 is 0 Å². The zero-order valence-corrected chi connectivity index (χ0v) is 13.7. The summed E-state index contributed by atoms with van der Waals surface area (Å²) >= 11 is 0. The van der Waals surface area contributed by atoms with Crippen LogP contribution >= 0.6 is 0 Å². The lowest BCUT2D eigenvalue weighted by Gasteiger charge is -2.16. The monoisotopic (exact) mass is 313 g/mol. The Kier molecular flexibility index (Phi) is 5.88. The number of nitrogens with two attached hydrogens (primary N) is 1. The summed E-state index contributed by atoms with van der Waals surface area (Å²) in [6.07, 6.45) is 1.39. The van der Waals surface area contributed by atoms with Crippen LogP contribution in [0, 0.1) is 6.92 Å². The van der Waals surface area contributed by atoms with E-state index in [2.05, 4.69) is 5.32 Å². The third-order valence-corrected chi connectivity index (χ3v) is 5.11. The minimum absolute atomic E-state index is 0.175. The molecule has 7 heteroatoms. The van der Waals surface area contributed by atoms with Crippen LogP contribution in [0.15, 0.2) is 23.1 Å². The van der Waals surface area contributed by atoms with Gasteiger partial charge in [0.2, 0.25) is 15.9 Å². The van der Waals surface area contributed by atoms with Crippen LogP contribution in [0.4, 0.5) is 5.69 Å². The number of carbonyl (C=O) groups excluding carboxylic acids is 1. The van der Waals surface area contributed by atoms with Crippen LogP contribution in [-0.2, 0) is 14.8 Å². The highest BCUT2D eigenvalue weighted by atomic mass is 32.2. The molecule has 0 aromatic heterocycles. The van der Waals surface area contributed by atoms with Gasteiger partial charge in [-0.3, -0.25) is 4.79 Å². The number of nitrogens with one attached hydrogen (secondary N) is 1. The van der Waals surface area contributed by atoms with Gasteiger partial charge < -0.3 is 11.1 Å². The molecule has 3 N–H and O–H groups in total. The van der Waals surface area contributed by atoms with Gasteiger partial charge in [-0.1, -0.05) is 19.4 Å². The topological polar surface area (TPSA) is 92.5 Å². The molecule has 6 nitrogen and oxygen atoms in total. The highest BCUT2D eigenvalue weighted by Gasteiger charge is 2.21. The van der Waals surface area contributed by atoms with Gasteiger partial charge in [0.15, 0.2) is 0 Å². The fraction of sp³-hybridized carbons (Fsp3) is 0.500. The van der Waals surface area contributed by atoms with Crippen LogP contribution in [0.25, 0.3) is 0 Å². The second-order valence-corrected chi connectivity index (χ2v) is 7.27. The van der Waals surface area contributed by atoms with Crippen molar-refractivity contribution in [3.8, 4) is 0 Å². The predicted molar refractivity (Wildman–Crippen MR) is 83.6 cm³/mol. The number of anilines is 1. The molecule has 1 amide bonds. The van der Waals surface area contributed by atoms with Crippen molar-refractivity contribution in [2.45, 2.75) is 37.6 Å². The highest BCUT2D eigenvalue weighted by molar-refractivity contribution is 7.89. The molecule has 0 unspecified atom stereocenters. The number of carbonyl (C=O) groups is 1. The summed E-state index contributed by atoms with van der Waals surface area (Å²) in [4.78, 5) is 12.1. The van der Waals surface area contributed by atoms with Crippen molar-refractivity contribution in [3.05, 3.63) is 23.8 Å². The van der Waals surface area contributed by atoms with Crippen LogP contribution in [0.5, 0.6) is 0 Å². The minimum atomic E-state index is -3.55. The van der Waals surface area contributed by atoms with Crippen LogP contribution in [0.1, 0.15) is 25.3 Å². The Morgan fingerprint density at radius 2 is 2.00 bits per heavy atom. The zero-order valence-electron chi connectivity index (χ0n) is 12.9. The largest absolute Gasteiger partial charge is 0.325 e. The van der Waals surface area contributed by atoms with Gasteiger partial charge in [0.05, 0.1) is 10.9 Å². The summed E-state index contributed by atoms with van der Waals surface area (Å²) in [6.45, 7) is 3.66. The Bertz CT molecular complexity index is 612. The summed E-state index contributed by atoms with van der Waals surface area (Å²) in [7, 11) is -0.607. The number of hydrogen-bond acceptors (Lipinski definition) is 4. The van der Waals surface area contributed by atoms with Crippen molar-refractivity contribution in [3.63, 3.8) is 0 Å². The lowest BCUT2D eigenvalue weighted by molar-refractivity contribution is -0.117. The SMILES string of the molecule is CCC[C@H](N)C(=O)Nc1ccc(C)c(S(=O)(=O)N(C)C)c1. The summed E-state index contributed by atoms with van der Waals surface area (Å²) < 4.78 is 25.6. The van der Waals surface area contributed by atoms with E-state index in [9.17, 15) is 13.2 Å². The molecular weight excluding hydrogens is 290 g/mol. The molecule has 118 valence electrons. The van der Waals surface area contributed by atoms with Gasteiger partial charge in [-0.15, -0.1) is 0 Å². The van der Waals surface area contributed by atoms with E-state index in [1.807, 2.05) is 6.92 Å². The first kappa shape index (κ1) is 17.6. The van der Waals surface area contributed by atoms with Crippen LogP contribution in [0.2, 0.25) is 0 Å². The first-order chi connectivity index (χ1) is 9.70. The molecule has 0 radical (unpaired) electrons. The molecular formula is C14H23N3O3S. The van der Waals surface area contributed by atoms with Crippen LogP contribution in [-0.4, -0.2) is 38.8 Å². The third kappa shape index (κ3) is 4.26. The molecule has 1 aromatic rings. The fourth-order valence-electron chi connectivity index (χ4n) is 1.83. The second-order valence-electron chi connectivity index (χ2n) is 5.15. The van der Waals surface area contributed by atoms with Gasteiger partial charge in [0.25, 0.3) is 0 Å². The molecule has 0 aliphatic carbocycles. The average molecular weight is 313 g/mol. The molecule has 0 aliphatic rings. The zero-order chi connectivity index (χ0) is 16.2. The van der Waals surface area contributed by atoms with E-state index < -0.39 is 16.1 Å². The molecule has 1 rings (SSSR count). The maximum atomic E-state index is 12.2. The summed E-state index contributed by atoms with van der Waals surface area (Å²) in [5.74, 6) is -0.311. The molecule has 0 heterocycles. The molecule has 0 spiro atoms. The van der Waals surface area contributed by atoms with Crippen molar-refractivity contribution in [2.24, 2.45) is 5.73 Å². The standard InChI is InChI=1S/C14H23N3O3S/c1-5-6-12(15)14(18)16-11-8-7-10(2)13(9-11)21(19,20)17(3)4/h7-9,12H,5-6,15H2,1-4H3,(H,16,18)/t12-/m0/s1. The Morgan fingerprint density at radius 1 is 1.38 bits per heavy atom. The molecule has 1 atom stereocenters. The number of hydrogen-bond donors (Lipinski definition) is 2. The first-order valence-corrected chi connectivity index (χ1v) is 8.23. The molecule has 0 saturated carbocycles. The molecule has 0 saturated heterocycles. The number of benzene rings is 1. The second kappa shape index (κ2) is 7.02. The van der Waals surface area contributed by atoms with E-state index in [-0.39, 0.29) is 10.8 Å². The highest BCUT2D eigenvalue weighted by Crippen LogP contribution is 2.22. The maximum absolute atomic E-state index is 12.2. The van der Waals surface area contributed by atoms with Crippen LogP contribution in [0.3, 0.4) is 0 Å². The smallest absolute Gasteiger partial charge is 0.242 e. The van der Waals surface area contributed by atoms with E-state index in [4.69, 9.17) is 5.73 Å². The Balaban J connectivity index is 3.06. The number of amides is 1. The molecule has 1 aromatic carbocycles. The van der Waals surface area contributed by atoms with Gasteiger partial charge in [-0.25, -0.2) is 12.7 Å². The molecule has 0 aliphatic heterocycles. The van der Waals surface area contributed by atoms with E-state index in [0.717, 1.165) is 10.7 Å². The van der Waals surface area contributed by atoms with Crippen molar-refractivity contribution in [2.75, 3.05) is 19.4 Å². The number of sulfonamides is 1. The molecule has 21 heavy (non-hydrogen) atoms. The minimum Gasteiger partial charge on any atom is -0.325 e. The maximum Gasteiger partial charge on any atom is 0.242 e. The summed E-state index contributed by atoms with van der Waals surface area (Å²) in [5, 5.41) is 2.66. The number of nitrogens with zero attached hydrogens (tertiary/aromatic N) is 1. The van der Waals surface area contributed by atoms with Gasteiger partial charge in [0.1, 0.15) is 0 Å².